The number of hydrogen-bond acceptors (Lipinski definition) is 2. The summed E-state index contributed by atoms with van der Waals surface area (Å²) < 4.78 is 2.01. The maximum absolute atomic E-state index is 5.61. The molecule has 90 valence electrons. The van der Waals surface area contributed by atoms with E-state index < -0.39 is 0 Å². The molecule has 0 unspecified atom stereocenters. The second-order valence-electron chi connectivity index (χ2n) is 4.45. The average molecular weight is 229 g/mol. The van der Waals surface area contributed by atoms with E-state index in [0.717, 1.165) is 24.4 Å². The first-order valence-corrected chi connectivity index (χ1v) is 5.96. The lowest BCUT2D eigenvalue weighted by Crippen LogP contribution is -2.03. The van der Waals surface area contributed by atoms with Crippen LogP contribution in [0.15, 0.2) is 30.5 Å². The van der Waals surface area contributed by atoms with Crippen LogP contribution in [0.25, 0.3) is 0 Å². The van der Waals surface area contributed by atoms with E-state index >= 15 is 0 Å². The summed E-state index contributed by atoms with van der Waals surface area (Å²) in [6.45, 7) is 2.62. The van der Waals surface area contributed by atoms with Gasteiger partial charge >= 0.3 is 0 Å². The lowest BCUT2D eigenvalue weighted by atomic mass is 10.1. The van der Waals surface area contributed by atoms with Gasteiger partial charge in [0, 0.05) is 13.2 Å². The maximum Gasteiger partial charge on any atom is 0.122 e. The average Bonchev–Trinajstić information content (AvgIpc) is 2.67. The number of nitrogens with two attached hydrogens (primary N) is 1. The molecule has 0 radical (unpaired) electrons. The number of aromatic nitrogens is 2. The van der Waals surface area contributed by atoms with Gasteiger partial charge in [0.15, 0.2) is 0 Å². The second-order valence-corrected chi connectivity index (χ2v) is 4.45. The minimum absolute atomic E-state index is 0.501. The molecule has 3 nitrogen and oxygen atoms in total. The molecule has 0 amide bonds. The third kappa shape index (κ3) is 2.94. The topological polar surface area (TPSA) is 43.8 Å². The van der Waals surface area contributed by atoms with Gasteiger partial charge in [0.05, 0.1) is 12.2 Å². The number of aryl methyl sites for hydroxylation is 4. The van der Waals surface area contributed by atoms with Gasteiger partial charge < -0.3 is 10.3 Å². The monoisotopic (exact) mass is 229 g/mol. The van der Waals surface area contributed by atoms with Crippen molar-refractivity contribution in [3.8, 4) is 0 Å². The molecule has 1 aromatic heterocycles. The Kier molecular flexibility index (Phi) is 3.59. The molecule has 3 heteroatoms. The molecule has 2 rings (SSSR count). The molecule has 0 fully saturated rings. The SMILES string of the molecule is Cc1cccc(CCc2cn(C)c(CN)n2)c1. The molecule has 17 heavy (non-hydrogen) atoms. The Morgan fingerprint density at radius 3 is 2.76 bits per heavy atom. The van der Waals surface area contributed by atoms with Crippen LogP contribution in [-0.2, 0) is 26.4 Å². The van der Waals surface area contributed by atoms with E-state index in [9.17, 15) is 0 Å². The predicted molar refractivity (Wildman–Crippen MR) is 69.7 cm³/mol. The highest BCUT2D eigenvalue weighted by Gasteiger charge is 2.03. The van der Waals surface area contributed by atoms with Crippen molar-refractivity contribution in [3.63, 3.8) is 0 Å². The molecular weight excluding hydrogens is 210 g/mol. The van der Waals surface area contributed by atoms with Crippen molar-refractivity contribution in [1.82, 2.24) is 9.55 Å². The van der Waals surface area contributed by atoms with Gasteiger partial charge in [-0.2, -0.15) is 0 Å². The molecule has 0 aliphatic carbocycles. The van der Waals surface area contributed by atoms with Crippen LogP contribution in [0, 0.1) is 6.92 Å². The van der Waals surface area contributed by atoms with E-state index in [1.165, 1.54) is 11.1 Å². The lowest BCUT2D eigenvalue weighted by Gasteiger charge is -2.00. The second kappa shape index (κ2) is 5.15. The van der Waals surface area contributed by atoms with E-state index in [0.29, 0.717) is 6.54 Å². The summed E-state index contributed by atoms with van der Waals surface area (Å²) in [6, 6.07) is 8.62. The Hall–Kier alpha value is -1.61. The van der Waals surface area contributed by atoms with E-state index in [2.05, 4.69) is 42.4 Å². The molecule has 0 bridgehead atoms. The molecular formula is C14H19N3. The summed E-state index contributed by atoms with van der Waals surface area (Å²) in [5, 5.41) is 0. The van der Waals surface area contributed by atoms with Crippen molar-refractivity contribution >= 4 is 0 Å². The van der Waals surface area contributed by atoms with Crippen LogP contribution in [-0.4, -0.2) is 9.55 Å². The fraction of sp³-hybridized carbons (Fsp3) is 0.357. The molecule has 0 saturated heterocycles. The molecule has 0 saturated carbocycles. The van der Waals surface area contributed by atoms with E-state index in [-0.39, 0.29) is 0 Å². The standard InChI is InChI=1S/C14H19N3/c1-11-4-3-5-12(8-11)6-7-13-10-17(2)14(9-15)16-13/h3-5,8,10H,6-7,9,15H2,1-2H3. The number of nitrogens with zero attached hydrogens (tertiary/aromatic N) is 2. The summed E-state index contributed by atoms with van der Waals surface area (Å²) in [5.74, 6) is 0.948. The van der Waals surface area contributed by atoms with Crippen molar-refractivity contribution in [2.45, 2.75) is 26.3 Å². The predicted octanol–water partition coefficient (Wildman–Crippen LogP) is 1.97. The molecule has 0 spiro atoms. The molecule has 0 aliphatic heterocycles. The molecule has 2 aromatic rings. The van der Waals surface area contributed by atoms with Crippen LogP contribution in [0.2, 0.25) is 0 Å². The highest BCUT2D eigenvalue weighted by molar-refractivity contribution is 5.23. The smallest absolute Gasteiger partial charge is 0.122 e. The third-order valence-corrected chi connectivity index (χ3v) is 2.96. The van der Waals surface area contributed by atoms with Crippen molar-refractivity contribution in [2.75, 3.05) is 0 Å². The van der Waals surface area contributed by atoms with Gasteiger partial charge in [-0.05, 0) is 25.3 Å². The Morgan fingerprint density at radius 2 is 2.12 bits per heavy atom. The highest BCUT2D eigenvalue weighted by Crippen LogP contribution is 2.09. The molecule has 1 aromatic carbocycles. The fourth-order valence-electron chi connectivity index (χ4n) is 2.02. The molecule has 2 N–H and O–H groups in total. The first-order chi connectivity index (χ1) is 8.19. The van der Waals surface area contributed by atoms with E-state index in [4.69, 9.17) is 5.73 Å². The Labute approximate surface area is 102 Å². The van der Waals surface area contributed by atoms with E-state index in [1.807, 2.05) is 11.6 Å². The Bertz CT molecular complexity index is 500. The third-order valence-electron chi connectivity index (χ3n) is 2.96. The van der Waals surface area contributed by atoms with Crippen molar-refractivity contribution in [3.05, 3.63) is 53.1 Å². The molecule has 1 heterocycles. The van der Waals surface area contributed by atoms with Gasteiger partial charge in [0.2, 0.25) is 0 Å². The largest absolute Gasteiger partial charge is 0.337 e. The summed E-state index contributed by atoms with van der Waals surface area (Å²) in [6.07, 6.45) is 4.07. The first kappa shape index (κ1) is 11.9. The number of benzene rings is 1. The summed E-state index contributed by atoms with van der Waals surface area (Å²) >= 11 is 0. The number of imidazole rings is 1. The lowest BCUT2D eigenvalue weighted by molar-refractivity contribution is 0.793. The van der Waals surface area contributed by atoms with Gasteiger partial charge in [-0.25, -0.2) is 4.98 Å². The van der Waals surface area contributed by atoms with Gasteiger partial charge in [0.1, 0.15) is 5.82 Å². The van der Waals surface area contributed by atoms with E-state index in [1.54, 1.807) is 0 Å². The normalized spacial score (nSPS) is 10.8. The summed E-state index contributed by atoms with van der Waals surface area (Å²) in [4.78, 5) is 4.50. The van der Waals surface area contributed by atoms with Crippen LogP contribution in [0.1, 0.15) is 22.6 Å². The van der Waals surface area contributed by atoms with Gasteiger partial charge in [-0.15, -0.1) is 0 Å². The minimum atomic E-state index is 0.501. The van der Waals surface area contributed by atoms with Gasteiger partial charge in [0.25, 0.3) is 0 Å². The Morgan fingerprint density at radius 1 is 1.29 bits per heavy atom. The zero-order valence-corrected chi connectivity index (χ0v) is 10.5. The summed E-state index contributed by atoms with van der Waals surface area (Å²) in [7, 11) is 1.99. The van der Waals surface area contributed by atoms with Crippen molar-refractivity contribution in [1.29, 1.82) is 0 Å². The zero-order valence-electron chi connectivity index (χ0n) is 10.5. The van der Waals surface area contributed by atoms with Crippen molar-refractivity contribution in [2.24, 2.45) is 12.8 Å². The van der Waals surface area contributed by atoms with Crippen LogP contribution in [0.5, 0.6) is 0 Å². The van der Waals surface area contributed by atoms with Gasteiger partial charge in [-0.1, -0.05) is 29.8 Å². The zero-order chi connectivity index (χ0) is 12.3. The maximum atomic E-state index is 5.61. The summed E-state index contributed by atoms with van der Waals surface area (Å²) in [5.41, 5.74) is 9.40. The van der Waals surface area contributed by atoms with Crippen LogP contribution in [0.3, 0.4) is 0 Å². The van der Waals surface area contributed by atoms with Crippen LogP contribution >= 0.6 is 0 Å². The minimum Gasteiger partial charge on any atom is -0.337 e. The fourth-order valence-corrected chi connectivity index (χ4v) is 2.02. The van der Waals surface area contributed by atoms with Crippen LogP contribution in [0.4, 0.5) is 0 Å². The number of rotatable bonds is 4. The number of hydrogen-bond donors (Lipinski definition) is 1. The van der Waals surface area contributed by atoms with Crippen molar-refractivity contribution < 1.29 is 0 Å². The Balaban J connectivity index is 2.02. The molecule has 0 atom stereocenters. The first-order valence-electron chi connectivity index (χ1n) is 5.96. The quantitative estimate of drug-likeness (QED) is 0.871. The highest BCUT2D eigenvalue weighted by atomic mass is 15.1. The van der Waals surface area contributed by atoms with Gasteiger partial charge in [-0.3, -0.25) is 0 Å². The molecule has 0 aliphatic rings. The van der Waals surface area contributed by atoms with Crippen LogP contribution < -0.4 is 5.73 Å².